The van der Waals surface area contributed by atoms with Gasteiger partial charge >= 0.3 is 0 Å². The molecule has 4 aliphatic rings. The van der Waals surface area contributed by atoms with Gasteiger partial charge in [0.05, 0.1) is 6.61 Å². The molecule has 4 fully saturated rings. The first-order valence-corrected chi connectivity index (χ1v) is 7.35. The molecular formula is C15H24O3. The molecule has 0 radical (unpaired) electrons. The number of hydrogen-bond donors (Lipinski definition) is 2. The third kappa shape index (κ3) is 1.05. The quantitative estimate of drug-likeness (QED) is 0.749. The number of ether oxygens (including phenoxy) is 1. The lowest BCUT2D eigenvalue weighted by atomic mass is 9.58. The van der Waals surface area contributed by atoms with Gasteiger partial charge < -0.3 is 14.9 Å². The van der Waals surface area contributed by atoms with Crippen molar-refractivity contribution < 1.29 is 14.9 Å². The minimum atomic E-state index is -0.891. The minimum absolute atomic E-state index is 0.00859. The maximum absolute atomic E-state index is 11.2. The lowest BCUT2D eigenvalue weighted by Gasteiger charge is -2.48. The van der Waals surface area contributed by atoms with Crippen LogP contribution in [0, 0.1) is 28.1 Å². The fourth-order valence-electron chi connectivity index (χ4n) is 5.72. The molecule has 1 aliphatic heterocycles. The number of aliphatic hydroxyl groups is 2. The Bertz CT molecular complexity index is 405. The van der Waals surface area contributed by atoms with Crippen molar-refractivity contribution in [1.29, 1.82) is 0 Å². The van der Waals surface area contributed by atoms with Crippen molar-refractivity contribution in [2.75, 3.05) is 13.2 Å². The molecule has 3 aliphatic carbocycles. The molecule has 0 amide bonds. The molecule has 0 unspecified atom stereocenters. The number of hydrogen-bond acceptors (Lipinski definition) is 3. The van der Waals surface area contributed by atoms with E-state index in [1.54, 1.807) is 0 Å². The highest BCUT2D eigenvalue weighted by atomic mass is 16.6. The Morgan fingerprint density at radius 1 is 1.17 bits per heavy atom. The molecule has 0 aromatic rings. The lowest BCUT2D eigenvalue weighted by molar-refractivity contribution is -0.257. The predicted molar refractivity (Wildman–Crippen MR) is 66.7 cm³/mol. The highest BCUT2D eigenvalue weighted by Crippen LogP contribution is 2.78. The van der Waals surface area contributed by atoms with Gasteiger partial charge in [-0.05, 0) is 43.4 Å². The van der Waals surface area contributed by atoms with Crippen molar-refractivity contribution in [2.45, 2.75) is 51.7 Å². The summed E-state index contributed by atoms with van der Waals surface area (Å²) in [5, 5.41) is 20.8. The van der Waals surface area contributed by atoms with E-state index >= 15 is 0 Å². The molecule has 102 valence electrons. The zero-order valence-corrected chi connectivity index (χ0v) is 11.4. The largest absolute Gasteiger partial charge is 0.396 e. The first-order valence-electron chi connectivity index (χ1n) is 7.35. The van der Waals surface area contributed by atoms with Crippen LogP contribution in [0.15, 0.2) is 0 Å². The van der Waals surface area contributed by atoms with E-state index in [0.29, 0.717) is 5.92 Å². The van der Waals surface area contributed by atoms with Gasteiger partial charge in [0.25, 0.3) is 0 Å². The van der Waals surface area contributed by atoms with Gasteiger partial charge in [-0.1, -0.05) is 13.8 Å². The molecule has 1 saturated heterocycles. The SMILES string of the molecule is C[C@@]1(CO)C[C@H]2C[C@@]3(C)CO[C@@](O)([C@H]2C1)C31CC1. The maximum Gasteiger partial charge on any atom is 0.174 e. The van der Waals surface area contributed by atoms with Gasteiger partial charge in [-0.2, -0.15) is 0 Å². The molecule has 3 heteroatoms. The van der Waals surface area contributed by atoms with Crippen LogP contribution in [-0.2, 0) is 4.74 Å². The Morgan fingerprint density at radius 2 is 1.89 bits per heavy atom. The van der Waals surface area contributed by atoms with Gasteiger partial charge in [-0.15, -0.1) is 0 Å². The molecule has 0 aromatic heterocycles. The molecule has 3 nitrogen and oxygen atoms in total. The average Bonchev–Trinajstić information content (AvgIpc) is 3.04. The van der Waals surface area contributed by atoms with E-state index < -0.39 is 5.79 Å². The van der Waals surface area contributed by atoms with Crippen LogP contribution in [0.3, 0.4) is 0 Å². The fraction of sp³-hybridized carbons (Fsp3) is 1.00. The Balaban J connectivity index is 1.76. The van der Waals surface area contributed by atoms with E-state index in [0.717, 1.165) is 32.3 Å². The van der Waals surface area contributed by atoms with Crippen molar-refractivity contribution in [3.63, 3.8) is 0 Å². The molecule has 18 heavy (non-hydrogen) atoms. The van der Waals surface area contributed by atoms with Crippen LogP contribution in [-0.4, -0.2) is 29.2 Å². The molecule has 0 aromatic carbocycles. The molecule has 2 N–H and O–H groups in total. The first-order chi connectivity index (χ1) is 8.38. The maximum atomic E-state index is 11.2. The van der Waals surface area contributed by atoms with Crippen molar-refractivity contribution in [3.8, 4) is 0 Å². The van der Waals surface area contributed by atoms with Crippen LogP contribution < -0.4 is 0 Å². The summed E-state index contributed by atoms with van der Waals surface area (Å²) in [7, 11) is 0. The summed E-state index contributed by atoms with van der Waals surface area (Å²) in [4.78, 5) is 0. The predicted octanol–water partition coefficient (Wildman–Crippen LogP) is 1.92. The van der Waals surface area contributed by atoms with Crippen molar-refractivity contribution in [1.82, 2.24) is 0 Å². The van der Waals surface area contributed by atoms with E-state index in [1.807, 2.05) is 0 Å². The Hall–Kier alpha value is -0.120. The Labute approximate surface area is 109 Å². The first kappa shape index (κ1) is 11.7. The van der Waals surface area contributed by atoms with E-state index in [2.05, 4.69) is 13.8 Å². The van der Waals surface area contributed by atoms with Gasteiger partial charge in [-0.25, -0.2) is 0 Å². The summed E-state index contributed by atoms with van der Waals surface area (Å²) in [5.41, 5.74) is 0.205. The summed E-state index contributed by atoms with van der Waals surface area (Å²) in [6.07, 6.45) is 5.39. The Morgan fingerprint density at radius 3 is 2.50 bits per heavy atom. The summed E-state index contributed by atoms with van der Waals surface area (Å²) in [6.45, 7) is 5.43. The van der Waals surface area contributed by atoms with Gasteiger partial charge in [-0.3, -0.25) is 0 Å². The molecular weight excluding hydrogens is 228 g/mol. The summed E-state index contributed by atoms with van der Waals surface area (Å²) in [6, 6.07) is 0. The van der Waals surface area contributed by atoms with Crippen molar-refractivity contribution >= 4 is 0 Å². The van der Waals surface area contributed by atoms with Crippen molar-refractivity contribution in [2.24, 2.45) is 28.1 Å². The van der Waals surface area contributed by atoms with E-state index in [-0.39, 0.29) is 28.8 Å². The second-order valence-electron chi connectivity index (χ2n) is 8.08. The minimum Gasteiger partial charge on any atom is -0.396 e. The van der Waals surface area contributed by atoms with E-state index in [9.17, 15) is 10.2 Å². The van der Waals surface area contributed by atoms with Crippen LogP contribution in [0.2, 0.25) is 0 Å². The second kappa shape index (κ2) is 2.97. The highest BCUT2D eigenvalue weighted by molar-refractivity contribution is 5.23. The second-order valence-corrected chi connectivity index (χ2v) is 8.08. The molecule has 1 spiro atoms. The topological polar surface area (TPSA) is 49.7 Å². The molecule has 1 heterocycles. The van der Waals surface area contributed by atoms with Crippen LogP contribution in [0.25, 0.3) is 0 Å². The van der Waals surface area contributed by atoms with Crippen molar-refractivity contribution in [3.05, 3.63) is 0 Å². The zero-order chi connectivity index (χ0) is 12.8. The number of aliphatic hydroxyl groups excluding tert-OH is 1. The van der Waals surface area contributed by atoms with Crippen LogP contribution in [0.1, 0.15) is 46.0 Å². The highest BCUT2D eigenvalue weighted by Gasteiger charge is 2.79. The third-order valence-corrected chi connectivity index (χ3v) is 6.84. The standard InChI is InChI=1S/C15H24O3/c1-12(8-16)5-10-6-13(2)9-18-15(17,11(10)7-12)14(13)3-4-14/h10-11,16-17H,3-9H2,1-2H3/t10-,11-,12+,13-,15-/m0/s1. The zero-order valence-electron chi connectivity index (χ0n) is 11.4. The summed E-state index contributed by atoms with van der Waals surface area (Å²) < 4.78 is 5.97. The molecule has 2 bridgehead atoms. The van der Waals surface area contributed by atoms with Gasteiger partial charge in [0.15, 0.2) is 5.79 Å². The van der Waals surface area contributed by atoms with Gasteiger partial charge in [0.1, 0.15) is 0 Å². The van der Waals surface area contributed by atoms with E-state index in [1.165, 1.54) is 6.42 Å². The normalized spacial score (nSPS) is 60.0. The fourth-order valence-corrected chi connectivity index (χ4v) is 5.72. The van der Waals surface area contributed by atoms with E-state index in [4.69, 9.17) is 4.74 Å². The average molecular weight is 252 g/mol. The monoisotopic (exact) mass is 252 g/mol. The summed E-state index contributed by atoms with van der Waals surface area (Å²) in [5.74, 6) is -0.115. The van der Waals surface area contributed by atoms with Gasteiger partial charge in [0, 0.05) is 23.4 Å². The van der Waals surface area contributed by atoms with Crippen LogP contribution in [0.5, 0.6) is 0 Å². The molecule has 3 saturated carbocycles. The summed E-state index contributed by atoms with van der Waals surface area (Å²) >= 11 is 0. The number of fused-ring (bicyclic) bond motifs is 2. The van der Waals surface area contributed by atoms with Crippen LogP contribution in [0.4, 0.5) is 0 Å². The molecule has 5 atom stereocenters. The smallest absolute Gasteiger partial charge is 0.174 e. The molecule has 4 rings (SSSR count). The Kier molecular flexibility index (Phi) is 1.93. The van der Waals surface area contributed by atoms with Gasteiger partial charge in [0.2, 0.25) is 0 Å². The van der Waals surface area contributed by atoms with Crippen LogP contribution >= 0.6 is 0 Å². The lowest BCUT2D eigenvalue weighted by Crippen LogP contribution is -2.54. The third-order valence-electron chi connectivity index (χ3n) is 6.84. The number of rotatable bonds is 1.